The summed E-state index contributed by atoms with van der Waals surface area (Å²) in [7, 11) is 1.64. The molecule has 0 radical (unpaired) electrons. The number of carbonyl (C=O) groups is 1. The molecule has 1 amide bonds. The predicted molar refractivity (Wildman–Crippen MR) is 77.3 cm³/mol. The minimum atomic E-state index is -0.0272. The Kier molecular flexibility index (Phi) is 6.36. The van der Waals surface area contributed by atoms with Crippen LogP contribution < -0.4 is 15.4 Å². The molecular weight excluding hydrogens is 240 g/mol. The molecule has 1 aromatic rings. The molecule has 0 bridgehead atoms. The third kappa shape index (κ3) is 4.91. The summed E-state index contributed by atoms with van der Waals surface area (Å²) in [6.45, 7) is 7.53. The van der Waals surface area contributed by atoms with Crippen LogP contribution in [0.5, 0.6) is 5.75 Å². The third-order valence-electron chi connectivity index (χ3n) is 3.12. The summed E-state index contributed by atoms with van der Waals surface area (Å²) in [6.07, 6.45) is 0. The molecule has 2 atom stereocenters. The van der Waals surface area contributed by atoms with Gasteiger partial charge in [0.25, 0.3) is 0 Å². The van der Waals surface area contributed by atoms with Crippen LogP contribution >= 0.6 is 0 Å². The fourth-order valence-electron chi connectivity index (χ4n) is 1.79. The molecule has 2 unspecified atom stereocenters. The van der Waals surface area contributed by atoms with E-state index in [1.165, 1.54) is 0 Å². The lowest BCUT2D eigenvalue weighted by Crippen LogP contribution is -2.36. The fourth-order valence-corrected chi connectivity index (χ4v) is 1.79. The van der Waals surface area contributed by atoms with Crippen LogP contribution in [0.2, 0.25) is 0 Å². The summed E-state index contributed by atoms with van der Waals surface area (Å²) in [4.78, 5) is 12.0. The summed E-state index contributed by atoms with van der Waals surface area (Å²) in [6, 6.07) is 7.75. The zero-order valence-corrected chi connectivity index (χ0v) is 12.2. The van der Waals surface area contributed by atoms with Crippen LogP contribution in [0.1, 0.15) is 32.4 Å². The second kappa shape index (κ2) is 7.79. The first-order valence-electron chi connectivity index (χ1n) is 6.73. The average Bonchev–Trinajstić information content (AvgIpc) is 2.44. The van der Waals surface area contributed by atoms with Gasteiger partial charge in [-0.3, -0.25) is 4.79 Å². The Morgan fingerprint density at radius 2 is 1.89 bits per heavy atom. The van der Waals surface area contributed by atoms with Gasteiger partial charge in [0, 0.05) is 12.5 Å². The fraction of sp³-hybridized carbons (Fsp3) is 0.533. The Morgan fingerprint density at radius 1 is 1.26 bits per heavy atom. The van der Waals surface area contributed by atoms with Gasteiger partial charge in [0.2, 0.25) is 5.91 Å². The van der Waals surface area contributed by atoms with E-state index in [1.54, 1.807) is 7.11 Å². The van der Waals surface area contributed by atoms with Gasteiger partial charge in [-0.1, -0.05) is 26.0 Å². The summed E-state index contributed by atoms with van der Waals surface area (Å²) in [5, 5.41) is 6.20. The van der Waals surface area contributed by atoms with Crippen molar-refractivity contribution in [1.29, 1.82) is 0 Å². The van der Waals surface area contributed by atoms with Gasteiger partial charge in [-0.2, -0.15) is 0 Å². The number of hydrogen-bond donors (Lipinski definition) is 2. The van der Waals surface area contributed by atoms with Crippen LogP contribution in [0.15, 0.2) is 24.3 Å². The molecule has 0 aromatic heterocycles. The second-order valence-corrected chi connectivity index (χ2v) is 4.71. The molecule has 0 saturated carbocycles. The SMILES string of the molecule is CCNCC(C)C(=O)NC(C)c1ccc(OC)cc1. The number of nitrogens with one attached hydrogen (secondary N) is 2. The van der Waals surface area contributed by atoms with E-state index in [4.69, 9.17) is 4.74 Å². The number of hydrogen-bond acceptors (Lipinski definition) is 3. The number of benzene rings is 1. The lowest BCUT2D eigenvalue weighted by molar-refractivity contribution is -0.125. The van der Waals surface area contributed by atoms with Crippen molar-refractivity contribution >= 4 is 5.91 Å². The first kappa shape index (κ1) is 15.5. The van der Waals surface area contributed by atoms with Gasteiger partial charge in [0.1, 0.15) is 5.75 Å². The first-order valence-corrected chi connectivity index (χ1v) is 6.73. The molecule has 1 aromatic carbocycles. The van der Waals surface area contributed by atoms with E-state index in [1.807, 2.05) is 45.0 Å². The molecule has 1 rings (SSSR count). The van der Waals surface area contributed by atoms with Crippen molar-refractivity contribution in [2.45, 2.75) is 26.8 Å². The highest BCUT2D eigenvalue weighted by molar-refractivity contribution is 5.78. The van der Waals surface area contributed by atoms with Crippen molar-refractivity contribution in [3.63, 3.8) is 0 Å². The van der Waals surface area contributed by atoms with Gasteiger partial charge < -0.3 is 15.4 Å². The van der Waals surface area contributed by atoms with E-state index in [9.17, 15) is 4.79 Å². The van der Waals surface area contributed by atoms with Crippen LogP contribution in [-0.2, 0) is 4.79 Å². The predicted octanol–water partition coefficient (Wildman–Crippen LogP) is 2.12. The number of amides is 1. The van der Waals surface area contributed by atoms with E-state index in [-0.39, 0.29) is 17.9 Å². The summed E-state index contributed by atoms with van der Waals surface area (Å²) < 4.78 is 5.12. The van der Waals surface area contributed by atoms with E-state index >= 15 is 0 Å². The topological polar surface area (TPSA) is 50.4 Å². The monoisotopic (exact) mass is 264 g/mol. The highest BCUT2D eigenvalue weighted by atomic mass is 16.5. The lowest BCUT2D eigenvalue weighted by atomic mass is 10.1. The zero-order valence-electron chi connectivity index (χ0n) is 12.2. The Labute approximate surface area is 115 Å². The number of rotatable bonds is 7. The van der Waals surface area contributed by atoms with E-state index in [0.717, 1.165) is 17.9 Å². The van der Waals surface area contributed by atoms with Gasteiger partial charge >= 0.3 is 0 Å². The Hall–Kier alpha value is -1.55. The smallest absolute Gasteiger partial charge is 0.224 e. The molecule has 2 N–H and O–H groups in total. The van der Waals surface area contributed by atoms with Gasteiger partial charge in [-0.15, -0.1) is 0 Å². The molecule has 106 valence electrons. The Bertz CT molecular complexity index is 390. The number of methoxy groups -OCH3 is 1. The molecule has 4 nitrogen and oxygen atoms in total. The quantitative estimate of drug-likeness (QED) is 0.793. The lowest BCUT2D eigenvalue weighted by Gasteiger charge is -2.18. The van der Waals surface area contributed by atoms with Gasteiger partial charge in [0.05, 0.1) is 13.2 Å². The molecule has 0 aliphatic carbocycles. The maximum atomic E-state index is 12.0. The van der Waals surface area contributed by atoms with Crippen LogP contribution in [0.25, 0.3) is 0 Å². The minimum absolute atomic E-state index is 0.00230. The van der Waals surface area contributed by atoms with Crippen LogP contribution in [0, 0.1) is 5.92 Å². The molecule has 0 aliphatic heterocycles. The standard InChI is InChI=1S/C15H24N2O2/c1-5-16-10-11(2)15(18)17-12(3)13-6-8-14(19-4)9-7-13/h6-9,11-12,16H,5,10H2,1-4H3,(H,17,18). The van der Waals surface area contributed by atoms with Crippen molar-refractivity contribution in [3.8, 4) is 5.75 Å². The molecule has 0 heterocycles. The van der Waals surface area contributed by atoms with Crippen molar-refractivity contribution in [1.82, 2.24) is 10.6 Å². The van der Waals surface area contributed by atoms with Crippen molar-refractivity contribution in [3.05, 3.63) is 29.8 Å². The van der Waals surface area contributed by atoms with E-state index in [0.29, 0.717) is 6.54 Å². The van der Waals surface area contributed by atoms with Gasteiger partial charge in [0.15, 0.2) is 0 Å². The van der Waals surface area contributed by atoms with Crippen LogP contribution in [-0.4, -0.2) is 26.1 Å². The van der Waals surface area contributed by atoms with E-state index in [2.05, 4.69) is 10.6 Å². The number of ether oxygens (including phenoxy) is 1. The maximum Gasteiger partial charge on any atom is 0.224 e. The van der Waals surface area contributed by atoms with Crippen molar-refractivity contribution in [2.24, 2.45) is 5.92 Å². The maximum absolute atomic E-state index is 12.0. The van der Waals surface area contributed by atoms with Crippen LogP contribution in [0.4, 0.5) is 0 Å². The molecule has 4 heteroatoms. The Morgan fingerprint density at radius 3 is 2.42 bits per heavy atom. The van der Waals surface area contributed by atoms with Crippen LogP contribution in [0.3, 0.4) is 0 Å². The molecule has 0 fully saturated rings. The largest absolute Gasteiger partial charge is 0.497 e. The van der Waals surface area contributed by atoms with Crippen molar-refractivity contribution < 1.29 is 9.53 Å². The molecule has 0 aliphatic rings. The van der Waals surface area contributed by atoms with Gasteiger partial charge in [-0.05, 0) is 31.2 Å². The second-order valence-electron chi connectivity index (χ2n) is 4.71. The normalized spacial score (nSPS) is 13.7. The average molecular weight is 264 g/mol. The third-order valence-corrected chi connectivity index (χ3v) is 3.12. The molecule has 19 heavy (non-hydrogen) atoms. The van der Waals surface area contributed by atoms with Crippen molar-refractivity contribution in [2.75, 3.05) is 20.2 Å². The van der Waals surface area contributed by atoms with Gasteiger partial charge in [-0.25, -0.2) is 0 Å². The highest BCUT2D eigenvalue weighted by Crippen LogP contribution is 2.17. The summed E-state index contributed by atoms with van der Waals surface area (Å²) in [5.74, 6) is 0.868. The Balaban J connectivity index is 2.53. The van der Waals surface area contributed by atoms with E-state index < -0.39 is 0 Å². The summed E-state index contributed by atoms with van der Waals surface area (Å²) >= 11 is 0. The first-order chi connectivity index (χ1) is 9.08. The minimum Gasteiger partial charge on any atom is -0.497 e. The zero-order chi connectivity index (χ0) is 14.3. The molecular formula is C15H24N2O2. The molecule has 0 spiro atoms. The molecule has 0 saturated heterocycles. The summed E-state index contributed by atoms with van der Waals surface area (Å²) in [5.41, 5.74) is 1.07. The number of carbonyl (C=O) groups excluding carboxylic acids is 1. The highest BCUT2D eigenvalue weighted by Gasteiger charge is 2.15.